The molecule has 0 atom stereocenters. The SMILES string of the molecule is O=S(=O)(c1ccccc1)N(Cc1ccc(-c2noc(C(F)(F)F)n2)s1)C1CC1. The molecule has 2 heterocycles. The number of halogens is 3. The van der Waals surface area contributed by atoms with E-state index in [4.69, 9.17) is 0 Å². The maximum atomic E-state index is 13.0. The lowest BCUT2D eigenvalue weighted by atomic mass is 10.4. The van der Waals surface area contributed by atoms with Gasteiger partial charge in [0.1, 0.15) is 0 Å². The maximum absolute atomic E-state index is 13.0. The van der Waals surface area contributed by atoms with Crippen LogP contribution in [0.3, 0.4) is 0 Å². The Morgan fingerprint density at radius 2 is 1.86 bits per heavy atom. The number of hydrogen-bond acceptors (Lipinski definition) is 6. The molecular weight excluding hydrogens is 415 g/mol. The molecular formula is C17H14F3N3O3S2. The van der Waals surface area contributed by atoms with E-state index in [1.54, 1.807) is 42.5 Å². The van der Waals surface area contributed by atoms with Crippen LogP contribution in [0.25, 0.3) is 10.7 Å². The number of benzene rings is 1. The third kappa shape index (κ3) is 3.82. The third-order valence-corrected chi connectivity index (χ3v) is 7.14. The second kappa shape index (κ2) is 6.98. The molecule has 1 fully saturated rings. The minimum Gasteiger partial charge on any atom is -0.329 e. The molecule has 0 spiro atoms. The van der Waals surface area contributed by atoms with Crippen molar-refractivity contribution in [2.24, 2.45) is 0 Å². The van der Waals surface area contributed by atoms with Gasteiger partial charge in [-0.3, -0.25) is 0 Å². The fourth-order valence-corrected chi connectivity index (χ4v) is 5.37. The van der Waals surface area contributed by atoms with E-state index in [9.17, 15) is 21.6 Å². The third-order valence-electron chi connectivity index (χ3n) is 4.17. The van der Waals surface area contributed by atoms with Crippen molar-refractivity contribution in [3.05, 3.63) is 53.2 Å². The highest BCUT2D eigenvalue weighted by Gasteiger charge is 2.39. The normalized spacial score (nSPS) is 15.3. The second-order valence-electron chi connectivity index (χ2n) is 6.28. The molecule has 2 aromatic heterocycles. The molecule has 4 rings (SSSR count). The number of thiophene rings is 1. The molecule has 0 unspecified atom stereocenters. The first-order valence-electron chi connectivity index (χ1n) is 8.32. The minimum absolute atomic E-state index is 0.0715. The van der Waals surface area contributed by atoms with Crippen LogP contribution in [0, 0.1) is 0 Å². The van der Waals surface area contributed by atoms with Gasteiger partial charge in [-0.2, -0.15) is 22.5 Å². The van der Waals surface area contributed by atoms with E-state index < -0.39 is 22.1 Å². The Hall–Kier alpha value is -2.24. The number of rotatable bonds is 6. The van der Waals surface area contributed by atoms with Crippen LogP contribution in [-0.2, 0) is 22.7 Å². The van der Waals surface area contributed by atoms with E-state index in [0.29, 0.717) is 9.75 Å². The first-order valence-corrected chi connectivity index (χ1v) is 10.6. The molecule has 11 heteroatoms. The van der Waals surface area contributed by atoms with Crippen LogP contribution in [0.15, 0.2) is 51.9 Å². The number of aromatic nitrogens is 2. The predicted octanol–water partition coefficient (Wildman–Crippen LogP) is 4.17. The summed E-state index contributed by atoms with van der Waals surface area (Å²) in [5.74, 6) is -1.59. The van der Waals surface area contributed by atoms with Gasteiger partial charge in [-0.05, 0) is 37.1 Å². The highest BCUT2D eigenvalue weighted by Crippen LogP contribution is 2.36. The summed E-state index contributed by atoms with van der Waals surface area (Å²) in [7, 11) is -3.67. The van der Waals surface area contributed by atoms with Gasteiger partial charge in [-0.15, -0.1) is 11.3 Å². The largest absolute Gasteiger partial charge is 0.471 e. The van der Waals surface area contributed by atoms with Crippen LogP contribution in [-0.4, -0.2) is 28.9 Å². The predicted molar refractivity (Wildman–Crippen MR) is 94.8 cm³/mol. The molecule has 1 aliphatic rings. The fourth-order valence-electron chi connectivity index (χ4n) is 2.68. The minimum atomic E-state index is -4.71. The Labute approximate surface area is 162 Å². The molecule has 0 N–H and O–H groups in total. The molecule has 1 saturated carbocycles. The quantitative estimate of drug-likeness (QED) is 0.588. The van der Waals surface area contributed by atoms with Gasteiger partial charge in [0.25, 0.3) is 0 Å². The van der Waals surface area contributed by atoms with Gasteiger partial charge in [0.15, 0.2) is 0 Å². The van der Waals surface area contributed by atoms with Crippen LogP contribution in [0.5, 0.6) is 0 Å². The van der Waals surface area contributed by atoms with Crippen LogP contribution < -0.4 is 0 Å². The number of hydrogen-bond donors (Lipinski definition) is 0. The zero-order valence-corrected chi connectivity index (χ0v) is 15.9. The summed E-state index contributed by atoms with van der Waals surface area (Å²) in [6, 6.07) is 11.3. The van der Waals surface area contributed by atoms with Crippen molar-refractivity contribution in [2.45, 2.75) is 36.5 Å². The summed E-state index contributed by atoms with van der Waals surface area (Å²) in [5, 5.41) is 3.36. The fraction of sp³-hybridized carbons (Fsp3) is 0.294. The van der Waals surface area contributed by atoms with E-state index in [2.05, 4.69) is 14.7 Å². The van der Waals surface area contributed by atoms with Crippen molar-refractivity contribution < 1.29 is 26.1 Å². The van der Waals surface area contributed by atoms with E-state index in [1.165, 1.54) is 4.31 Å². The van der Waals surface area contributed by atoms with Crippen molar-refractivity contribution in [3.8, 4) is 10.7 Å². The summed E-state index contributed by atoms with van der Waals surface area (Å²) in [4.78, 5) is 4.64. The molecule has 0 aliphatic heterocycles. The van der Waals surface area contributed by atoms with E-state index in [0.717, 1.165) is 24.2 Å². The first-order chi connectivity index (χ1) is 13.2. The molecule has 3 aromatic rings. The van der Waals surface area contributed by atoms with Crippen LogP contribution in [0.4, 0.5) is 13.2 Å². The van der Waals surface area contributed by atoms with Gasteiger partial charge in [0.2, 0.25) is 15.8 Å². The average Bonchev–Trinajstić information content (AvgIpc) is 3.17. The van der Waals surface area contributed by atoms with Crippen LogP contribution >= 0.6 is 11.3 Å². The topological polar surface area (TPSA) is 76.3 Å². The summed E-state index contributed by atoms with van der Waals surface area (Å²) in [5.41, 5.74) is 0. The molecule has 28 heavy (non-hydrogen) atoms. The summed E-state index contributed by atoms with van der Waals surface area (Å²) < 4.78 is 69.5. The maximum Gasteiger partial charge on any atom is 0.471 e. The Bertz CT molecular complexity index is 1070. The smallest absolute Gasteiger partial charge is 0.329 e. The van der Waals surface area contributed by atoms with Crippen molar-refractivity contribution in [1.82, 2.24) is 14.4 Å². The van der Waals surface area contributed by atoms with Crippen molar-refractivity contribution in [1.29, 1.82) is 0 Å². The van der Waals surface area contributed by atoms with Gasteiger partial charge < -0.3 is 4.52 Å². The van der Waals surface area contributed by atoms with Gasteiger partial charge >= 0.3 is 12.1 Å². The van der Waals surface area contributed by atoms with Gasteiger partial charge in [0, 0.05) is 17.5 Å². The van der Waals surface area contributed by atoms with Gasteiger partial charge in [0.05, 0.1) is 9.77 Å². The zero-order valence-electron chi connectivity index (χ0n) is 14.3. The number of sulfonamides is 1. The van der Waals surface area contributed by atoms with Gasteiger partial charge in [-0.1, -0.05) is 23.4 Å². The van der Waals surface area contributed by atoms with E-state index in [-0.39, 0.29) is 23.3 Å². The van der Waals surface area contributed by atoms with Crippen molar-refractivity contribution >= 4 is 21.4 Å². The molecule has 1 aromatic carbocycles. The van der Waals surface area contributed by atoms with Gasteiger partial charge in [-0.25, -0.2) is 8.42 Å². The number of nitrogens with zero attached hydrogens (tertiary/aromatic N) is 3. The molecule has 6 nitrogen and oxygen atoms in total. The summed E-state index contributed by atoms with van der Waals surface area (Å²) in [6.07, 6.45) is -3.15. The molecule has 0 amide bonds. The second-order valence-corrected chi connectivity index (χ2v) is 9.34. The van der Waals surface area contributed by atoms with Crippen molar-refractivity contribution in [2.75, 3.05) is 0 Å². The van der Waals surface area contributed by atoms with E-state index >= 15 is 0 Å². The zero-order chi connectivity index (χ0) is 19.9. The summed E-state index contributed by atoms with van der Waals surface area (Å²) >= 11 is 1.14. The Morgan fingerprint density at radius 3 is 2.46 bits per heavy atom. The molecule has 0 bridgehead atoms. The Balaban J connectivity index is 1.57. The lowest BCUT2D eigenvalue weighted by Gasteiger charge is -2.21. The molecule has 1 aliphatic carbocycles. The van der Waals surface area contributed by atoms with Crippen LogP contribution in [0.1, 0.15) is 23.6 Å². The first kappa shape index (κ1) is 19.1. The Morgan fingerprint density at radius 1 is 1.14 bits per heavy atom. The summed E-state index contributed by atoms with van der Waals surface area (Å²) in [6.45, 7) is 0.135. The van der Waals surface area contributed by atoms with Crippen molar-refractivity contribution in [3.63, 3.8) is 0 Å². The molecule has 0 saturated heterocycles. The molecule has 148 valence electrons. The highest BCUT2D eigenvalue weighted by atomic mass is 32.2. The standard InChI is InChI=1S/C17H14F3N3O3S2/c18-17(19,20)16-21-15(22-26-16)14-9-8-12(27-14)10-23(11-6-7-11)28(24,25)13-4-2-1-3-5-13/h1-5,8-9,11H,6-7,10H2. The average molecular weight is 429 g/mol. The highest BCUT2D eigenvalue weighted by molar-refractivity contribution is 7.89. The Kier molecular flexibility index (Phi) is 4.76. The lowest BCUT2D eigenvalue weighted by molar-refractivity contribution is -0.159. The molecule has 0 radical (unpaired) electrons. The van der Waals surface area contributed by atoms with E-state index in [1.807, 2.05) is 0 Å². The lowest BCUT2D eigenvalue weighted by Crippen LogP contribution is -2.32. The monoisotopic (exact) mass is 429 g/mol. The van der Waals surface area contributed by atoms with Crippen LogP contribution in [0.2, 0.25) is 0 Å². The number of alkyl halides is 3.